The van der Waals surface area contributed by atoms with Gasteiger partial charge in [0.1, 0.15) is 5.75 Å². The standard InChI is InChI=1S/C19H20Cl2N2O3/c1-23(12-17(24)22-14-6-4-7-15(11-14)26-2)18(25)10-9-13-5-3-8-16(20)19(13)21/h3-8,11H,9-10,12H2,1-2H3,(H,22,24). The highest BCUT2D eigenvalue weighted by molar-refractivity contribution is 6.42. The van der Waals surface area contributed by atoms with E-state index in [1.165, 1.54) is 4.90 Å². The molecule has 0 fully saturated rings. The monoisotopic (exact) mass is 394 g/mol. The Bertz CT molecular complexity index is 796. The lowest BCUT2D eigenvalue weighted by molar-refractivity contribution is -0.133. The quantitative estimate of drug-likeness (QED) is 0.770. The lowest BCUT2D eigenvalue weighted by Gasteiger charge is -2.17. The number of carbonyl (C=O) groups is 2. The van der Waals surface area contributed by atoms with Crippen molar-refractivity contribution in [3.63, 3.8) is 0 Å². The van der Waals surface area contributed by atoms with Crippen LogP contribution in [0.2, 0.25) is 10.0 Å². The molecule has 138 valence electrons. The maximum Gasteiger partial charge on any atom is 0.243 e. The third kappa shape index (κ3) is 5.64. The number of aryl methyl sites for hydroxylation is 1. The lowest BCUT2D eigenvalue weighted by atomic mass is 10.1. The van der Waals surface area contributed by atoms with Crippen LogP contribution in [0.25, 0.3) is 0 Å². The molecular formula is C19H20Cl2N2O3. The molecule has 0 aliphatic rings. The molecule has 2 rings (SSSR count). The van der Waals surface area contributed by atoms with Crippen LogP contribution in [0, 0.1) is 0 Å². The van der Waals surface area contributed by atoms with Gasteiger partial charge in [-0.1, -0.05) is 41.4 Å². The predicted molar refractivity (Wildman–Crippen MR) is 104 cm³/mol. The lowest BCUT2D eigenvalue weighted by Crippen LogP contribution is -2.35. The molecule has 0 unspecified atom stereocenters. The number of benzene rings is 2. The first kappa shape index (κ1) is 20.1. The topological polar surface area (TPSA) is 58.6 Å². The fourth-order valence-corrected chi connectivity index (χ4v) is 2.79. The van der Waals surface area contributed by atoms with E-state index in [0.29, 0.717) is 27.9 Å². The summed E-state index contributed by atoms with van der Waals surface area (Å²) in [5, 5.41) is 3.66. The Hall–Kier alpha value is -2.24. The number of amides is 2. The van der Waals surface area contributed by atoms with Gasteiger partial charge in [0.15, 0.2) is 0 Å². The van der Waals surface area contributed by atoms with Crippen molar-refractivity contribution in [2.24, 2.45) is 0 Å². The van der Waals surface area contributed by atoms with Crippen LogP contribution >= 0.6 is 23.2 Å². The average molecular weight is 395 g/mol. The van der Waals surface area contributed by atoms with E-state index in [9.17, 15) is 9.59 Å². The van der Waals surface area contributed by atoms with Crippen molar-refractivity contribution in [1.82, 2.24) is 4.90 Å². The molecule has 0 spiro atoms. The largest absolute Gasteiger partial charge is 0.497 e. The van der Waals surface area contributed by atoms with Crippen molar-refractivity contribution >= 4 is 40.7 Å². The van der Waals surface area contributed by atoms with Crippen molar-refractivity contribution in [2.45, 2.75) is 12.8 Å². The summed E-state index contributed by atoms with van der Waals surface area (Å²) >= 11 is 12.1. The summed E-state index contributed by atoms with van der Waals surface area (Å²) in [6.45, 7) is -0.0423. The van der Waals surface area contributed by atoms with Crippen molar-refractivity contribution in [3.8, 4) is 5.75 Å². The fraction of sp³-hybridized carbons (Fsp3) is 0.263. The van der Waals surface area contributed by atoms with E-state index in [1.54, 1.807) is 50.6 Å². The van der Waals surface area contributed by atoms with Gasteiger partial charge in [-0.25, -0.2) is 0 Å². The van der Waals surface area contributed by atoms with Gasteiger partial charge in [-0.15, -0.1) is 0 Å². The van der Waals surface area contributed by atoms with Gasteiger partial charge in [0.05, 0.1) is 23.7 Å². The first-order chi connectivity index (χ1) is 12.4. The second-order valence-corrected chi connectivity index (χ2v) is 6.53. The number of hydrogen-bond acceptors (Lipinski definition) is 3. The molecular weight excluding hydrogens is 375 g/mol. The number of carbonyl (C=O) groups excluding carboxylic acids is 2. The van der Waals surface area contributed by atoms with Crippen LogP contribution in [-0.2, 0) is 16.0 Å². The van der Waals surface area contributed by atoms with Crippen molar-refractivity contribution < 1.29 is 14.3 Å². The second-order valence-electron chi connectivity index (χ2n) is 5.74. The smallest absolute Gasteiger partial charge is 0.243 e. The van der Waals surface area contributed by atoms with Crippen LogP contribution in [0.4, 0.5) is 5.69 Å². The summed E-state index contributed by atoms with van der Waals surface area (Å²) in [4.78, 5) is 25.7. The first-order valence-electron chi connectivity index (χ1n) is 8.01. The molecule has 0 heterocycles. The molecule has 5 nitrogen and oxygen atoms in total. The summed E-state index contributed by atoms with van der Waals surface area (Å²) in [6, 6.07) is 12.3. The van der Waals surface area contributed by atoms with Crippen molar-refractivity contribution in [3.05, 3.63) is 58.1 Å². The molecule has 0 aliphatic carbocycles. The molecule has 7 heteroatoms. The Kier molecular flexibility index (Phi) is 7.30. The van der Waals surface area contributed by atoms with Crippen molar-refractivity contribution in [2.75, 3.05) is 26.0 Å². The van der Waals surface area contributed by atoms with Gasteiger partial charge >= 0.3 is 0 Å². The third-order valence-electron chi connectivity index (χ3n) is 3.80. The van der Waals surface area contributed by atoms with Crippen LogP contribution in [0.15, 0.2) is 42.5 Å². The molecule has 0 radical (unpaired) electrons. The van der Waals surface area contributed by atoms with Gasteiger partial charge < -0.3 is 15.0 Å². The molecule has 0 atom stereocenters. The summed E-state index contributed by atoms with van der Waals surface area (Å²) in [5.41, 5.74) is 1.42. The minimum Gasteiger partial charge on any atom is -0.497 e. The summed E-state index contributed by atoms with van der Waals surface area (Å²) in [5.74, 6) is 0.211. The minimum atomic E-state index is -0.283. The number of ether oxygens (including phenoxy) is 1. The number of anilines is 1. The Morgan fingerprint density at radius 1 is 1.15 bits per heavy atom. The Morgan fingerprint density at radius 3 is 2.62 bits per heavy atom. The van der Waals surface area contributed by atoms with E-state index in [-0.39, 0.29) is 24.8 Å². The number of nitrogens with zero attached hydrogens (tertiary/aromatic N) is 1. The SMILES string of the molecule is COc1cccc(NC(=O)CN(C)C(=O)CCc2cccc(Cl)c2Cl)c1. The van der Waals surface area contributed by atoms with Gasteiger partial charge in [-0.2, -0.15) is 0 Å². The minimum absolute atomic E-state index is 0.0423. The highest BCUT2D eigenvalue weighted by Gasteiger charge is 2.14. The first-order valence-corrected chi connectivity index (χ1v) is 8.77. The summed E-state index contributed by atoms with van der Waals surface area (Å²) in [6.07, 6.45) is 0.697. The molecule has 2 aromatic rings. The molecule has 26 heavy (non-hydrogen) atoms. The zero-order valence-corrected chi connectivity index (χ0v) is 16.1. The highest BCUT2D eigenvalue weighted by Crippen LogP contribution is 2.26. The van der Waals surface area contributed by atoms with Gasteiger partial charge in [0.2, 0.25) is 11.8 Å². The third-order valence-corrected chi connectivity index (χ3v) is 4.66. The number of likely N-dealkylation sites (N-methyl/N-ethyl adjacent to an activating group) is 1. The summed E-state index contributed by atoms with van der Waals surface area (Å²) < 4.78 is 5.11. The van der Waals surface area contributed by atoms with Crippen molar-refractivity contribution in [1.29, 1.82) is 0 Å². The number of nitrogens with one attached hydrogen (secondary N) is 1. The molecule has 2 amide bonds. The van der Waals surface area contributed by atoms with Gasteiger partial charge in [0.25, 0.3) is 0 Å². The number of rotatable bonds is 7. The van der Waals surface area contributed by atoms with E-state index < -0.39 is 0 Å². The zero-order chi connectivity index (χ0) is 19.1. The molecule has 0 bridgehead atoms. The second kappa shape index (κ2) is 9.46. The van der Waals surface area contributed by atoms with E-state index in [1.807, 2.05) is 6.07 Å². The molecule has 1 N–H and O–H groups in total. The van der Waals surface area contributed by atoms with Crippen LogP contribution in [-0.4, -0.2) is 37.4 Å². The van der Waals surface area contributed by atoms with E-state index in [4.69, 9.17) is 27.9 Å². The van der Waals surface area contributed by atoms with Gasteiger partial charge in [-0.3, -0.25) is 9.59 Å². The van der Waals surface area contributed by atoms with Crippen LogP contribution < -0.4 is 10.1 Å². The molecule has 0 aromatic heterocycles. The predicted octanol–water partition coefficient (Wildman–Crippen LogP) is 4.03. The number of halogens is 2. The van der Waals surface area contributed by atoms with E-state index in [0.717, 1.165) is 5.56 Å². The average Bonchev–Trinajstić information content (AvgIpc) is 2.62. The molecule has 0 aliphatic heterocycles. The van der Waals surface area contributed by atoms with Crippen LogP contribution in [0.3, 0.4) is 0 Å². The molecule has 0 saturated carbocycles. The highest BCUT2D eigenvalue weighted by atomic mass is 35.5. The number of methoxy groups -OCH3 is 1. The van der Waals surface area contributed by atoms with E-state index >= 15 is 0 Å². The van der Waals surface area contributed by atoms with Gasteiger partial charge in [-0.05, 0) is 30.2 Å². The molecule has 0 saturated heterocycles. The van der Waals surface area contributed by atoms with Crippen LogP contribution in [0.5, 0.6) is 5.75 Å². The Balaban J connectivity index is 1.85. The Morgan fingerprint density at radius 2 is 1.88 bits per heavy atom. The fourth-order valence-electron chi connectivity index (χ4n) is 2.38. The maximum absolute atomic E-state index is 12.3. The zero-order valence-electron chi connectivity index (χ0n) is 14.6. The molecule has 2 aromatic carbocycles. The summed E-state index contributed by atoms with van der Waals surface area (Å²) in [7, 11) is 3.15. The maximum atomic E-state index is 12.3. The van der Waals surface area contributed by atoms with E-state index in [2.05, 4.69) is 5.32 Å². The normalized spacial score (nSPS) is 10.3. The Labute approximate surface area is 162 Å². The number of hydrogen-bond donors (Lipinski definition) is 1. The van der Waals surface area contributed by atoms with Crippen LogP contribution in [0.1, 0.15) is 12.0 Å². The van der Waals surface area contributed by atoms with Gasteiger partial charge in [0, 0.05) is 25.2 Å².